The van der Waals surface area contributed by atoms with Crippen LogP contribution in [0.2, 0.25) is 0 Å². The van der Waals surface area contributed by atoms with Crippen LogP contribution in [0.4, 0.5) is 5.69 Å². The van der Waals surface area contributed by atoms with Crippen molar-refractivity contribution in [1.82, 2.24) is 0 Å². The third-order valence-corrected chi connectivity index (χ3v) is 2.83. The van der Waals surface area contributed by atoms with Crippen LogP contribution in [-0.2, 0) is 6.42 Å². The molecule has 0 amide bonds. The fourth-order valence-corrected chi connectivity index (χ4v) is 2.06. The fraction of sp³-hybridized carbons (Fsp3) is 0.333. The van der Waals surface area contributed by atoms with Gasteiger partial charge in [0.2, 0.25) is 0 Å². The van der Waals surface area contributed by atoms with Crippen molar-refractivity contribution in [2.45, 2.75) is 13.3 Å². The van der Waals surface area contributed by atoms with Crippen molar-refractivity contribution in [3.05, 3.63) is 27.7 Å². The number of hydrogen-bond donors (Lipinski definition) is 1. The molecule has 1 nitrogen and oxygen atoms in total. The number of halogens is 1. The zero-order valence-corrected chi connectivity index (χ0v) is 8.03. The second-order valence-corrected chi connectivity index (χ2v) is 3.75. The summed E-state index contributed by atoms with van der Waals surface area (Å²) in [5, 5.41) is 3.36. The summed E-state index contributed by atoms with van der Waals surface area (Å²) in [6.07, 6.45) is 1.17. The van der Waals surface area contributed by atoms with Gasteiger partial charge in [-0.05, 0) is 46.5 Å². The Hall–Kier alpha value is -0.500. The maximum atomic E-state index is 3.52. The Bertz CT molecular complexity index is 265. The highest BCUT2D eigenvalue weighted by molar-refractivity contribution is 9.10. The first-order valence-electron chi connectivity index (χ1n) is 3.81. The molecule has 1 aromatic carbocycles. The molecule has 1 heterocycles. The van der Waals surface area contributed by atoms with E-state index in [-0.39, 0.29) is 0 Å². The molecule has 58 valence electrons. The first kappa shape index (κ1) is 7.17. The van der Waals surface area contributed by atoms with Gasteiger partial charge < -0.3 is 5.32 Å². The van der Waals surface area contributed by atoms with E-state index in [1.165, 1.54) is 27.7 Å². The van der Waals surface area contributed by atoms with Crippen LogP contribution in [0.5, 0.6) is 0 Å². The summed E-state index contributed by atoms with van der Waals surface area (Å²) < 4.78 is 1.19. The summed E-state index contributed by atoms with van der Waals surface area (Å²) in [5.74, 6) is 0. The highest BCUT2D eigenvalue weighted by atomic mass is 79.9. The second-order valence-electron chi connectivity index (χ2n) is 2.89. The monoisotopic (exact) mass is 211 g/mol. The van der Waals surface area contributed by atoms with Crippen LogP contribution in [-0.4, -0.2) is 6.54 Å². The van der Waals surface area contributed by atoms with E-state index in [0.29, 0.717) is 0 Å². The van der Waals surface area contributed by atoms with E-state index in [0.717, 1.165) is 6.54 Å². The average molecular weight is 212 g/mol. The summed E-state index contributed by atoms with van der Waals surface area (Å²) in [7, 11) is 0. The van der Waals surface area contributed by atoms with Crippen molar-refractivity contribution < 1.29 is 0 Å². The van der Waals surface area contributed by atoms with Crippen LogP contribution in [0.3, 0.4) is 0 Å². The molecule has 2 heteroatoms. The highest BCUT2D eigenvalue weighted by Gasteiger charge is 2.14. The lowest BCUT2D eigenvalue weighted by molar-refractivity contribution is 1.09. The number of anilines is 1. The van der Waals surface area contributed by atoms with Crippen LogP contribution < -0.4 is 5.32 Å². The summed E-state index contributed by atoms with van der Waals surface area (Å²) in [4.78, 5) is 0. The van der Waals surface area contributed by atoms with Gasteiger partial charge in [0.1, 0.15) is 0 Å². The van der Waals surface area contributed by atoms with E-state index < -0.39 is 0 Å². The van der Waals surface area contributed by atoms with Crippen molar-refractivity contribution in [1.29, 1.82) is 0 Å². The molecule has 0 atom stereocenters. The van der Waals surface area contributed by atoms with E-state index in [2.05, 4.69) is 40.3 Å². The molecule has 0 saturated heterocycles. The lowest BCUT2D eigenvalue weighted by Crippen LogP contribution is -1.91. The molecule has 0 saturated carbocycles. The minimum atomic E-state index is 1.08. The number of fused-ring (bicyclic) bond motifs is 1. The third kappa shape index (κ3) is 1.06. The second kappa shape index (κ2) is 2.52. The van der Waals surface area contributed by atoms with Gasteiger partial charge in [-0.1, -0.05) is 6.07 Å². The number of nitrogens with one attached hydrogen (secondary N) is 1. The smallest absolute Gasteiger partial charge is 0.0520 e. The molecule has 0 spiro atoms. The predicted octanol–water partition coefficient (Wildman–Crippen LogP) is 2.73. The minimum absolute atomic E-state index is 1.08. The Morgan fingerprint density at radius 2 is 2.27 bits per heavy atom. The first-order chi connectivity index (χ1) is 5.29. The Morgan fingerprint density at radius 1 is 1.45 bits per heavy atom. The van der Waals surface area contributed by atoms with Crippen LogP contribution in [0.15, 0.2) is 16.6 Å². The van der Waals surface area contributed by atoms with Gasteiger partial charge in [0.05, 0.1) is 5.69 Å². The number of aryl methyl sites for hydroxylation is 1. The van der Waals surface area contributed by atoms with E-state index >= 15 is 0 Å². The SMILES string of the molecule is Cc1ccc(Br)c2c1CCN2. The van der Waals surface area contributed by atoms with Gasteiger partial charge >= 0.3 is 0 Å². The van der Waals surface area contributed by atoms with Gasteiger partial charge in [-0.15, -0.1) is 0 Å². The lowest BCUT2D eigenvalue weighted by Gasteiger charge is -2.04. The Kier molecular flexibility index (Phi) is 1.64. The molecule has 0 aromatic heterocycles. The van der Waals surface area contributed by atoms with Crippen molar-refractivity contribution in [2.24, 2.45) is 0 Å². The van der Waals surface area contributed by atoms with E-state index in [1.807, 2.05) is 0 Å². The summed E-state index contributed by atoms with van der Waals surface area (Å²) in [6.45, 7) is 3.25. The van der Waals surface area contributed by atoms with Gasteiger partial charge in [0.15, 0.2) is 0 Å². The van der Waals surface area contributed by atoms with Crippen LogP contribution >= 0.6 is 15.9 Å². The quantitative estimate of drug-likeness (QED) is 0.697. The minimum Gasteiger partial charge on any atom is -0.384 e. The fourth-order valence-electron chi connectivity index (χ4n) is 1.55. The van der Waals surface area contributed by atoms with Gasteiger partial charge in [-0.2, -0.15) is 0 Å². The maximum Gasteiger partial charge on any atom is 0.0520 e. The van der Waals surface area contributed by atoms with Crippen molar-refractivity contribution >= 4 is 21.6 Å². The van der Waals surface area contributed by atoms with Crippen molar-refractivity contribution in [2.75, 3.05) is 11.9 Å². The summed E-state index contributed by atoms with van der Waals surface area (Å²) >= 11 is 3.52. The van der Waals surface area contributed by atoms with Crippen LogP contribution in [0.25, 0.3) is 0 Å². The molecular formula is C9H10BrN. The third-order valence-electron chi connectivity index (χ3n) is 2.17. The van der Waals surface area contributed by atoms with E-state index in [1.54, 1.807) is 0 Å². The molecular weight excluding hydrogens is 202 g/mol. The maximum absolute atomic E-state index is 3.52. The Labute approximate surface area is 74.9 Å². The zero-order valence-electron chi connectivity index (χ0n) is 6.45. The number of benzene rings is 1. The molecule has 0 aliphatic carbocycles. The van der Waals surface area contributed by atoms with Crippen LogP contribution in [0.1, 0.15) is 11.1 Å². The topological polar surface area (TPSA) is 12.0 Å². The van der Waals surface area contributed by atoms with E-state index in [4.69, 9.17) is 0 Å². The Morgan fingerprint density at radius 3 is 3.00 bits per heavy atom. The van der Waals surface area contributed by atoms with Gasteiger partial charge in [-0.3, -0.25) is 0 Å². The molecule has 0 fully saturated rings. The standard InChI is InChI=1S/C9H10BrN/c1-6-2-3-8(10)9-7(6)4-5-11-9/h2-3,11H,4-5H2,1H3. The van der Waals surface area contributed by atoms with Gasteiger partial charge in [-0.25, -0.2) is 0 Å². The lowest BCUT2D eigenvalue weighted by atomic mass is 10.1. The summed E-state index contributed by atoms with van der Waals surface area (Å²) in [6, 6.07) is 4.27. The molecule has 1 aliphatic heterocycles. The average Bonchev–Trinajstić information content (AvgIpc) is 2.45. The molecule has 0 bridgehead atoms. The van der Waals surface area contributed by atoms with Crippen molar-refractivity contribution in [3.63, 3.8) is 0 Å². The molecule has 0 radical (unpaired) electrons. The largest absolute Gasteiger partial charge is 0.384 e. The van der Waals surface area contributed by atoms with E-state index in [9.17, 15) is 0 Å². The summed E-state index contributed by atoms with van der Waals surface area (Å²) in [5.41, 5.74) is 4.16. The normalized spacial score (nSPS) is 14.4. The first-order valence-corrected chi connectivity index (χ1v) is 4.60. The molecule has 1 aliphatic rings. The molecule has 0 unspecified atom stereocenters. The number of hydrogen-bond acceptors (Lipinski definition) is 1. The molecule has 1 aromatic rings. The highest BCUT2D eigenvalue weighted by Crippen LogP contribution is 2.32. The van der Waals surface area contributed by atoms with Gasteiger partial charge in [0.25, 0.3) is 0 Å². The predicted molar refractivity (Wildman–Crippen MR) is 51.1 cm³/mol. The van der Waals surface area contributed by atoms with Crippen LogP contribution in [0, 0.1) is 6.92 Å². The Balaban J connectivity index is 2.64. The van der Waals surface area contributed by atoms with Gasteiger partial charge in [0, 0.05) is 11.0 Å². The molecule has 2 rings (SSSR count). The molecule has 1 N–H and O–H groups in total. The van der Waals surface area contributed by atoms with Crippen molar-refractivity contribution in [3.8, 4) is 0 Å². The number of rotatable bonds is 0. The molecule has 11 heavy (non-hydrogen) atoms. The zero-order chi connectivity index (χ0) is 7.84.